The van der Waals surface area contributed by atoms with Gasteiger partial charge in [-0.05, 0) is 42.9 Å². The summed E-state index contributed by atoms with van der Waals surface area (Å²) in [7, 11) is 0. The van der Waals surface area contributed by atoms with E-state index in [1.54, 1.807) is 0 Å². The van der Waals surface area contributed by atoms with Gasteiger partial charge >= 0.3 is 0 Å². The van der Waals surface area contributed by atoms with Crippen molar-refractivity contribution in [2.24, 2.45) is 29.1 Å². The molecule has 5 aliphatic rings. The summed E-state index contributed by atoms with van der Waals surface area (Å²) in [5.41, 5.74) is 0.302. The van der Waals surface area contributed by atoms with Crippen molar-refractivity contribution in [3.8, 4) is 0 Å². The monoisotopic (exact) mass is 273 g/mol. The maximum atomic E-state index is 12.7. The molecule has 20 heavy (non-hydrogen) atoms. The Morgan fingerprint density at radius 1 is 1.15 bits per heavy atom. The highest BCUT2D eigenvalue weighted by Gasteiger charge is 2.73. The Labute approximate surface area is 118 Å². The number of nitrogens with zero attached hydrogens (tertiary/aromatic N) is 1. The standard InChI is InChI=1S/C16H19NO3/c18-14-12-10-3-4-11(16(10)5-6-16)13(12)15(19)17(14)8-9-2-1-7-20-9/h3-4,9-13H,1-2,5-8H2/t9-,10-,11+,12+,13-/m0/s1. The Morgan fingerprint density at radius 3 is 2.30 bits per heavy atom. The molecule has 4 heteroatoms. The average Bonchev–Trinajstić information content (AvgIpc) is 2.73. The summed E-state index contributed by atoms with van der Waals surface area (Å²) in [5, 5.41) is 0. The highest BCUT2D eigenvalue weighted by molar-refractivity contribution is 6.06. The number of carbonyl (C=O) groups excluding carboxylic acids is 2. The van der Waals surface area contributed by atoms with Crippen LogP contribution in [0.4, 0.5) is 0 Å². The molecule has 2 amide bonds. The first-order valence-electron chi connectivity index (χ1n) is 7.87. The fourth-order valence-electron chi connectivity index (χ4n) is 5.31. The van der Waals surface area contributed by atoms with Gasteiger partial charge in [0.1, 0.15) is 0 Å². The number of imide groups is 1. The number of rotatable bonds is 2. The van der Waals surface area contributed by atoms with Gasteiger partial charge in [-0.1, -0.05) is 12.2 Å². The van der Waals surface area contributed by atoms with Crippen LogP contribution in [0.5, 0.6) is 0 Å². The first kappa shape index (κ1) is 11.5. The second-order valence-electron chi connectivity index (χ2n) is 7.14. The molecular weight excluding hydrogens is 254 g/mol. The summed E-state index contributed by atoms with van der Waals surface area (Å²) in [6.07, 6.45) is 8.94. The maximum absolute atomic E-state index is 12.7. The van der Waals surface area contributed by atoms with E-state index in [9.17, 15) is 9.59 Å². The van der Waals surface area contributed by atoms with E-state index in [1.807, 2.05) is 0 Å². The van der Waals surface area contributed by atoms with Crippen LogP contribution in [0, 0.1) is 29.1 Å². The number of likely N-dealkylation sites (tertiary alicyclic amines) is 1. The van der Waals surface area contributed by atoms with Gasteiger partial charge in [-0.25, -0.2) is 0 Å². The van der Waals surface area contributed by atoms with Gasteiger partial charge in [0.15, 0.2) is 0 Å². The number of ether oxygens (including phenoxy) is 1. The summed E-state index contributed by atoms with van der Waals surface area (Å²) >= 11 is 0. The van der Waals surface area contributed by atoms with Crippen LogP contribution in [0.25, 0.3) is 0 Å². The van der Waals surface area contributed by atoms with Crippen molar-refractivity contribution in [2.45, 2.75) is 31.8 Å². The minimum absolute atomic E-state index is 0.0543. The molecule has 2 saturated heterocycles. The Kier molecular flexibility index (Phi) is 2.03. The van der Waals surface area contributed by atoms with Crippen LogP contribution in [0.3, 0.4) is 0 Å². The summed E-state index contributed by atoms with van der Waals surface area (Å²) in [6.45, 7) is 1.25. The minimum atomic E-state index is -0.0543. The lowest BCUT2D eigenvalue weighted by atomic mass is 9.85. The lowest BCUT2D eigenvalue weighted by molar-refractivity contribution is -0.143. The van der Waals surface area contributed by atoms with Gasteiger partial charge in [-0.15, -0.1) is 0 Å². The van der Waals surface area contributed by atoms with E-state index in [0.29, 0.717) is 23.8 Å². The van der Waals surface area contributed by atoms with Gasteiger partial charge in [-0.2, -0.15) is 0 Å². The lowest BCUT2D eigenvalue weighted by Gasteiger charge is -2.23. The molecule has 1 spiro atoms. The van der Waals surface area contributed by atoms with Crippen LogP contribution < -0.4 is 0 Å². The van der Waals surface area contributed by atoms with E-state index >= 15 is 0 Å². The zero-order chi connectivity index (χ0) is 13.5. The third kappa shape index (κ3) is 1.18. The summed E-state index contributed by atoms with van der Waals surface area (Å²) in [5.74, 6) is 0.729. The van der Waals surface area contributed by atoms with Crippen molar-refractivity contribution in [1.29, 1.82) is 0 Å². The Bertz CT molecular complexity index is 496. The SMILES string of the molecule is O=C1[C@@H]2[C@H](C(=O)N1C[C@@H]1CCCO1)[C@@H]1C=C[C@H]2C12CC2. The molecule has 4 nitrogen and oxygen atoms in total. The highest BCUT2D eigenvalue weighted by Crippen LogP contribution is 2.73. The van der Waals surface area contributed by atoms with Gasteiger partial charge < -0.3 is 4.74 Å². The first-order chi connectivity index (χ1) is 9.72. The molecule has 0 N–H and O–H groups in total. The zero-order valence-electron chi connectivity index (χ0n) is 11.5. The molecule has 0 aromatic carbocycles. The van der Waals surface area contributed by atoms with E-state index in [0.717, 1.165) is 19.4 Å². The number of carbonyl (C=O) groups is 2. The van der Waals surface area contributed by atoms with Crippen molar-refractivity contribution in [2.75, 3.05) is 13.2 Å². The van der Waals surface area contributed by atoms with E-state index in [4.69, 9.17) is 4.74 Å². The summed E-state index contributed by atoms with van der Waals surface area (Å²) in [4.78, 5) is 26.9. The lowest BCUT2D eigenvalue weighted by Crippen LogP contribution is -2.39. The molecule has 0 radical (unpaired) electrons. The number of hydrogen-bond acceptors (Lipinski definition) is 3. The van der Waals surface area contributed by atoms with E-state index in [1.165, 1.54) is 17.7 Å². The van der Waals surface area contributed by atoms with E-state index in [2.05, 4.69) is 12.2 Å². The van der Waals surface area contributed by atoms with Crippen molar-refractivity contribution < 1.29 is 14.3 Å². The Balaban J connectivity index is 1.44. The molecule has 0 aromatic heterocycles. The first-order valence-corrected chi connectivity index (χ1v) is 7.87. The average molecular weight is 273 g/mol. The second-order valence-corrected chi connectivity index (χ2v) is 7.14. The van der Waals surface area contributed by atoms with Gasteiger partial charge in [0.2, 0.25) is 11.8 Å². The number of amides is 2. The highest BCUT2D eigenvalue weighted by atomic mass is 16.5. The molecule has 2 bridgehead atoms. The van der Waals surface area contributed by atoms with Gasteiger partial charge in [0.05, 0.1) is 24.5 Å². The van der Waals surface area contributed by atoms with Crippen LogP contribution in [0.1, 0.15) is 25.7 Å². The molecule has 2 aliphatic heterocycles. The molecule has 106 valence electrons. The zero-order valence-corrected chi connectivity index (χ0v) is 11.5. The fourth-order valence-corrected chi connectivity index (χ4v) is 5.31. The van der Waals surface area contributed by atoms with Crippen LogP contribution >= 0.6 is 0 Å². The smallest absolute Gasteiger partial charge is 0.233 e. The predicted octanol–water partition coefficient (Wildman–Crippen LogP) is 1.36. The fraction of sp³-hybridized carbons (Fsp3) is 0.750. The molecule has 5 rings (SSSR count). The largest absolute Gasteiger partial charge is 0.376 e. The van der Waals surface area contributed by atoms with Crippen LogP contribution in [-0.2, 0) is 14.3 Å². The Morgan fingerprint density at radius 2 is 1.80 bits per heavy atom. The van der Waals surface area contributed by atoms with E-state index in [-0.39, 0.29) is 29.8 Å². The van der Waals surface area contributed by atoms with Crippen molar-refractivity contribution in [1.82, 2.24) is 4.90 Å². The Hall–Kier alpha value is -1.16. The van der Waals surface area contributed by atoms with E-state index < -0.39 is 0 Å². The van der Waals surface area contributed by atoms with Crippen molar-refractivity contribution in [3.63, 3.8) is 0 Å². The third-order valence-electron chi connectivity index (χ3n) is 6.35. The number of allylic oxidation sites excluding steroid dienone is 2. The molecule has 2 heterocycles. The topological polar surface area (TPSA) is 46.6 Å². The van der Waals surface area contributed by atoms with Crippen LogP contribution in [0.15, 0.2) is 12.2 Å². The predicted molar refractivity (Wildman–Crippen MR) is 70.5 cm³/mol. The normalized spacial score (nSPS) is 46.8. The molecule has 0 unspecified atom stereocenters. The number of hydrogen-bond donors (Lipinski definition) is 0. The molecule has 3 aliphatic carbocycles. The van der Waals surface area contributed by atoms with Crippen molar-refractivity contribution >= 4 is 11.8 Å². The molecule has 2 saturated carbocycles. The number of fused-ring (bicyclic) bond motifs is 3. The molecule has 4 fully saturated rings. The quantitative estimate of drug-likeness (QED) is 0.564. The molecular formula is C16H19NO3. The molecule has 0 aromatic rings. The van der Waals surface area contributed by atoms with Crippen LogP contribution in [-0.4, -0.2) is 36.0 Å². The van der Waals surface area contributed by atoms with Gasteiger partial charge in [0.25, 0.3) is 0 Å². The summed E-state index contributed by atoms with van der Waals surface area (Å²) in [6, 6.07) is 0. The molecule has 5 atom stereocenters. The minimum Gasteiger partial charge on any atom is -0.376 e. The third-order valence-corrected chi connectivity index (χ3v) is 6.35. The summed E-state index contributed by atoms with van der Waals surface area (Å²) < 4.78 is 5.59. The maximum Gasteiger partial charge on any atom is 0.233 e. The van der Waals surface area contributed by atoms with Crippen LogP contribution in [0.2, 0.25) is 0 Å². The van der Waals surface area contributed by atoms with Gasteiger partial charge in [-0.3, -0.25) is 14.5 Å². The second kappa shape index (κ2) is 3.53. The van der Waals surface area contributed by atoms with Crippen molar-refractivity contribution in [3.05, 3.63) is 12.2 Å². The van der Waals surface area contributed by atoms with Gasteiger partial charge in [0, 0.05) is 6.61 Å².